The van der Waals surface area contributed by atoms with Crippen LogP contribution in [0.4, 0.5) is 0 Å². The van der Waals surface area contributed by atoms with Crippen LogP contribution in [0.2, 0.25) is 0 Å². The van der Waals surface area contributed by atoms with E-state index < -0.39 is 5.41 Å². The summed E-state index contributed by atoms with van der Waals surface area (Å²) in [6.45, 7) is 1.59. The second kappa shape index (κ2) is 5.99. The number of nitrogens with two attached hydrogens (primary N) is 1. The molecule has 4 N–H and O–H groups in total. The molecule has 1 amide bonds. The first-order chi connectivity index (χ1) is 8.66. The standard InChI is InChI=1S/C13H24N2O3/c14-9-13(4-6-18-7-5-13)12(17)15-10-2-1-3-11(16)8-10/h10-11,16H,1-9,14H2,(H,15,17). The lowest BCUT2D eigenvalue weighted by molar-refractivity contribution is -0.137. The SMILES string of the molecule is NCC1(C(=O)NC2CCCC(O)C2)CCOCC1. The summed E-state index contributed by atoms with van der Waals surface area (Å²) in [7, 11) is 0. The second-order valence-electron chi connectivity index (χ2n) is 5.59. The Morgan fingerprint density at radius 1 is 1.39 bits per heavy atom. The van der Waals surface area contributed by atoms with E-state index in [-0.39, 0.29) is 18.1 Å². The number of rotatable bonds is 3. The monoisotopic (exact) mass is 256 g/mol. The molecular formula is C13H24N2O3. The predicted octanol–water partition coefficient (Wildman–Crippen LogP) is 0.162. The third-order valence-electron chi connectivity index (χ3n) is 4.30. The minimum Gasteiger partial charge on any atom is -0.393 e. The van der Waals surface area contributed by atoms with E-state index in [0.29, 0.717) is 39.0 Å². The smallest absolute Gasteiger partial charge is 0.227 e. The van der Waals surface area contributed by atoms with Gasteiger partial charge in [-0.1, -0.05) is 0 Å². The van der Waals surface area contributed by atoms with Gasteiger partial charge in [0.25, 0.3) is 0 Å². The Hall–Kier alpha value is -0.650. The number of carbonyl (C=O) groups is 1. The van der Waals surface area contributed by atoms with Crippen LogP contribution in [0.5, 0.6) is 0 Å². The van der Waals surface area contributed by atoms with Crippen LogP contribution in [0.1, 0.15) is 38.5 Å². The highest BCUT2D eigenvalue weighted by Crippen LogP contribution is 2.30. The van der Waals surface area contributed by atoms with Gasteiger partial charge in [-0.3, -0.25) is 4.79 Å². The third-order valence-corrected chi connectivity index (χ3v) is 4.30. The molecule has 2 fully saturated rings. The average Bonchev–Trinajstić information content (AvgIpc) is 2.39. The third kappa shape index (κ3) is 3.02. The molecule has 1 saturated heterocycles. The molecule has 0 bridgehead atoms. The summed E-state index contributed by atoms with van der Waals surface area (Å²) in [5.41, 5.74) is 5.35. The zero-order chi connectivity index (χ0) is 13.0. The van der Waals surface area contributed by atoms with Gasteiger partial charge < -0.3 is 20.9 Å². The molecule has 1 aliphatic heterocycles. The van der Waals surface area contributed by atoms with Gasteiger partial charge in [-0.05, 0) is 38.5 Å². The fraction of sp³-hybridized carbons (Fsp3) is 0.923. The van der Waals surface area contributed by atoms with Gasteiger partial charge in [0.15, 0.2) is 0 Å². The molecular weight excluding hydrogens is 232 g/mol. The van der Waals surface area contributed by atoms with Crippen LogP contribution in [0.3, 0.4) is 0 Å². The summed E-state index contributed by atoms with van der Waals surface area (Å²) < 4.78 is 5.31. The Balaban J connectivity index is 1.92. The fourth-order valence-electron chi connectivity index (χ4n) is 2.92. The maximum Gasteiger partial charge on any atom is 0.227 e. The van der Waals surface area contributed by atoms with Crippen molar-refractivity contribution in [2.24, 2.45) is 11.1 Å². The molecule has 18 heavy (non-hydrogen) atoms. The van der Waals surface area contributed by atoms with Crippen molar-refractivity contribution in [2.75, 3.05) is 19.8 Å². The number of nitrogens with one attached hydrogen (secondary N) is 1. The number of aliphatic hydroxyl groups excluding tert-OH is 1. The Morgan fingerprint density at radius 2 is 2.11 bits per heavy atom. The Morgan fingerprint density at radius 3 is 2.72 bits per heavy atom. The van der Waals surface area contributed by atoms with Crippen LogP contribution < -0.4 is 11.1 Å². The van der Waals surface area contributed by atoms with Crippen molar-refractivity contribution in [3.63, 3.8) is 0 Å². The molecule has 0 aromatic rings. The number of aliphatic hydroxyl groups is 1. The molecule has 2 unspecified atom stereocenters. The molecule has 0 spiro atoms. The first kappa shape index (κ1) is 13.8. The second-order valence-corrected chi connectivity index (χ2v) is 5.59. The highest BCUT2D eigenvalue weighted by molar-refractivity contribution is 5.83. The molecule has 0 aromatic carbocycles. The summed E-state index contributed by atoms with van der Waals surface area (Å²) in [4.78, 5) is 12.4. The molecule has 1 aliphatic carbocycles. The topological polar surface area (TPSA) is 84.6 Å². The van der Waals surface area contributed by atoms with Crippen LogP contribution in [0, 0.1) is 5.41 Å². The Kier molecular flexibility index (Phi) is 4.59. The van der Waals surface area contributed by atoms with E-state index in [0.717, 1.165) is 19.3 Å². The van der Waals surface area contributed by atoms with Crippen molar-refractivity contribution in [3.05, 3.63) is 0 Å². The van der Waals surface area contributed by atoms with Gasteiger partial charge in [0.2, 0.25) is 5.91 Å². The van der Waals surface area contributed by atoms with Crippen LogP contribution in [-0.4, -0.2) is 42.9 Å². The summed E-state index contributed by atoms with van der Waals surface area (Å²) >= 11 is 0. The molecule has 1 saturated carbocycles. The van der Waals surface area contributed by atoms with Crippen LogP contribution in [0.15, 0.2) is 0 Å². The molecule has 0 aromatic heterocycles. The van der Waals surface area contributed by atoms with Gasteiger partial charge in [0.05, 0.1) is 11.5 Å². The molecule has 0 radical (unpaired) electrons. The van der Waals surface area contributed by atoms with E-state index in [1.807, 2.05) is 0 Å². The minimum atomic E-state index is -0.458. The fourth-order valence-corrected chi connectivity index (χ4v) is 2.92. The first-order valence-electron chi connectivity index (χ1n) is 6.93. The first-order valence-corrected chi connectivity index (χ1v) is 6.93. The van der Waals surface area contributed by atoms with E-state index >= 15 is 0 Å². The van der Waals surface area contributed by atoms with Crippen LogP contribution in [0.25, 0.3) is 0 Å². The van der Waals surface area contributed by atoms with Gasteiger partial charge in [-0.15, -0.1) is 0 Å². The van der Waals surface area contributed by atoms with Gasteiger partial charge in [0, 0.05) is 25.8 Å². The number of ether oxygens (including phenoxy) is 1. The summed E-state index contributed by atoms with van der Waals surface area (Å²) in [5, 5.41) is 12.7. The number of hydrogen-bond donors (Lipinski definition) is 3. The zero-order valence-corrected chi connectivity index (χ0v) is 10.9. The molecule has 5 heteroatoms. The molecule has 2 atom stereocenters. The Labute approximate surface area is 108 Å². The van der Waals surface area contributed by atoms with Crippen molar-refractivity contribution in [2.45, 2.75) is 50.7 Å². The quantitative estimate of drug-likeness (QED) is 0.671. The summed E-state index contributed by atoms with van der Waals surface area (Å²) in [5.74, 6) is 0.0485. The zero-order valence-electron chi connectivity index (χ0n) is 10.9. The van der Waals surface area contributed by atoms with Crippen LogP contribution >= 0.6 is 0 Å². The van der Waals surface area contributed by atoms with E-state index in [1.54, 1.807) is 0 Å². The molecule has 1 heterocycles. The van der Waals surface area contributed by atoms with E-state index in [4.69, 9.17) is 10.5 Å². The molecule has 2 aliphatic rings. The lowest BCUT2D eigenvalue weighted by atomic mass is 9.78. The van der Waals surface area contributed by atoms with Crippen LogP contribution in [-0.2, 0) is 9.53 Å². The number of hydrogen-bond acceptors (Lipinski definition) is 4. The molecule has 2 rings (SSSR count). The maximum absolute atomic E-state index is 12.4. The van der Waals surface area contributed by atoms with Gasteiger partial charge in [-0.25, -0.2) is 0 Å². The van der Waals surface area contributed by atoms with Crippen molar-refractivity contribution in [3.8, 4) is 0 Å². The van der Waals surface area contributed by atoms with Crippen molar-refractivity contribution in [1.82, 2.24) is 5.32 Å². The molecule has 104 valence electrons. The van der Waals surface area contributed by atoms with Crippen molar-refractivity contribution >= 4 is 5.91 Å². The Bertz CT molecular complexity index is 290. The number of carbonyl (C=O) groups excluding carboxylic acids is 1. The van der Waals surface area contributed by atoms with E-state index in [9.17, 15) is 9.90 Å². The minimum absolute atomic E-state index is 0.0485. The van der Waals surface area contributed by atoms with E-state index in [2.05, 4.69) is 5.32 Å². The summed E-state index contributed by atoms with van der Waals surface area (Å²) in [6, 6.07) is 0.104. The number of amides is 1. The van der Waals surface area contributed by atoms with Crippen molar-refractivity contribution < 1.29 is 14.6 Å². The lowest BCUT2D eigenvalue weighted by Crippen LogP contribution is -2.52. The normalized spacial score (nSPS) is 31.9. The molecule has 5 nitrogen and oxygen atoms in total. The largest absolute Gasteiger partial charge is 0.393 e. The average molecular weight is 256 g/mol. The van der Waals surface area contributed by atoms with Gasteiger partial charge in [-0.2, -0.15) is 0 Å². The highest BCUT2D eigenvalue weighted by Gasteiger charge is 2.39. The highest BCUT2D eigenvalue weighted by atomic mass is 16.5. The lowest BCUT2D eigenvalue weighted by Gasteiger charge is -2.37. The van der Waals surface area contributed by atoms with E-state index in [1.165, 1.54) is 0 Å². The van der Waals surface area contributed by atoms with Crippen molar-refractivity contribution in [1.29, 1.82) is 0 Å². The predicted molar refractivity (Wildman–Crippen MR) is 67.9 cm³/mol. The van der Waals surface area contributed by atoms with Gasteiger partial charge in [0.1, 0.15) is 0 Å². The van der Waals surface area contributed by atoms with Gasteiger partial charge >= 0.3 is 0 Å². The summed E-state index contributed by atoms with van der Waals surface area (Å²) in [6.07, 6.45) is 4.58. The maximum atomic E-state index is 12.4.